The van der Waals surface area contributed by atoms with E-state index in [0.717, 1.165) is 0 Å². The Morgan fingerprint density at radius 3 is 1.04 bits per heavy atom. The average Bonchev–Trinajstić information content (AvgIpc) is 3.18. The number of carbonyl (C=O) groups excluding carboxylic acids is 4. The lowest BCUT2D eigenvalue weighted by Crippen LogP contribution is -2.39. The van der Waals surface area contributed by atoms with E-state index in [1.807, 2.05) is 0 Å². The minimum absolute atomic E-state index is 0.0106. The van der Waals surface area contributed by atoms with Gasteiger partial charge in [-0.2, -0.15) is 0 Å². The molecule has 3 aromatic carbocycles. The quantitative estimate of drug-likeness (QED) is 0.0939. The van der Waals surface area contributed by atoms with E-state index in [9.17, 15) is 19.2 Å². The fourth-order valence-corrected chi connectivity index (χ4v) is 4.93. The number of aldehydes is 1. The van der Waals surface area contributed by atoms with Gasteiger partial charge in [0.2, 0.25) is 11.5 Å². The van der Waals surface area contributed by atoms with E-state index in [0.29, 0.717) is 6.29 Å². The molecule has 0 spiro atoms. The van der Waals surface area contributed by atoms with Crippen LogP contribution in [0.3, 0.4) is 0 Å². The minimum atomic E-state index is -1.26. The summed E-state index contributed by atoms with van der Waals surface area (Å²) in [5, 5.41) is 0. The van der Waals surface area contributed by atoms with E-state index in [4.69, 9.17) is 52.1 Å². The highest BCUT2D eigenvalue weighted by molar-refractivity contribution is 5.94. The Balaban J connectivity index is 1.95. The SMILES string of the molecule is CCC(COC(=O)c1cc(C=O)c(OC)c(OC)c1)(COC(=O)c1cc(OC)c(OC)c(OC)c1)COC(=O)c1cc(OC)c(OC)c(OC)c1. The Kier molecular flexibility index (Phi) is 14.1. The van der Waals surface area contributed by atoms with Gasteiger partial charge < -0.3 is 52.1 Å². The van der Waals surface area contributed by atoms with Crippen molar-refractivity contribution >= 4 is 24.2 Å². The second kappa shape index (κ2) is 18.2. The van der Waals surface area contributed by atoms with Crippen molar-refractivity contribution in [1.29, 1.82) is 0 Å². The van der Waals surface area contributed by atoms with Gasteiger partial charge in [0.25, 0.3) is 0 Å². The highest BCUT2D eigenvalue weighted by atomic mass is 16.6. The van der Waals surface area contributed by atoms with Crippen molar-refractivity contribution in [2.45, 2.75) is 13.3 Å². The van der Waals surface area contributed by atoms with Gasteiger partial charge in [0, 0.05) is 0 Å². The first kappa shape index (κ1) is 39.6. The molecular weight excluding hydrogens is 672 g/mol. The third-order valence-electron chi connectivity index (χ3n) is 7.95. The van der Waals surface area contributed by atoms with Gasteiger partial charge in [0.15, 0.2) is 40.8 Å². The van der Waals surface area contributed by atoms with E-state index in [2.05, 4.69) is 0 Å². The Morgan fingerprint density at radius 2 is 0.784 bits per heavy atom. The predicted molar refractivity (Wildman–Crippen MR) is 181 cm³/mol. The summed E-state index contributed by atoms with van der Waals surface area (Å²) in [4.78, 5) is 51.8. The summed E-state index contributed by atoms with van der Waals surface area (Å²) < 4.78 is 59.8. The molecule has 3 rings (SSSR count). The van der Waals surface area contributed by atoms with Gasteiger partial charge in [-0.05, 0) is 42.8 Å². The molecule has 0 bridgehead atoms. The van der Waals surface area contributed by atoms with Crippen LogP contribution in [0.2, 0.25) is 0 Å². The van der Waals surface area contributed by atoms with Crippen LogP contribution in [0.15, 0.2) is 36.4 Å². The maximum atomic E-state index is 13.4. The second-order valence-electron chi connectivity index (χ2n) is 10.8. The van der Waals surface area contributed by atoms with E-state index < -0.39 is 23.3 Å². The fourth-order valence-electron chi connectivity index (χ4n) is 4.93. The highest BCUT2D eigenvalue weighted by Crippen LogP contribution is 2.40. The third-order valence-corrected chi connectivity index (χ3v) is 7.95. The van der Waals surface area contributed by atoms with Crippen molar-refractivity contribution in [3.05, 3.63) is 58.7 Å². The molecule has 0 aliphatic rings. The number of ether oxygens (including phenoxy) is 11. The topological polar surface area (TPSA) is 170 Å². The minimum Gasteiger partial charge on any atom is -0.493 e. The van der Waals surface area contributed by atoms with Gasteiger partial charge in [0.1, 0.15) is 19.8 Å². The van der Waals surface area contributed by atoms with Crippen LogP contribution in [0, 0.1) is 5.41 Å². The highest BCUT2D eigenvalue weighted by Gasteiger charge is 2.35. The summed E-state index contributed by atoms with van der Waals surface area (Å²) in [6, 6.07) is 8.33. The van der Waals surface area contributed by atoms with Crippen LogP contribution in [-0.4, -0.2) is 101 Å². The Morgan fingerprint density at radius 1 is 0.490 bits per heavy atom. The lowest BCUT2D eigenvalue weighted by atomic mass is 9.88. The van der Waals surface area contributed by atoms with Gasteiger partial charge in [-0.3, -0.25) is 4.79 Å². The van der Waals surface area contributed by atoms with E-state index >= 15 is 0 Å². The summed E-state index contributed by atoms with van der Waals surface area (Å²) in [6.07, 6.45) is 0.719. The standard InChI is InChI=1S/C36H42O15/c1-10-36(18-49-33(38)21-11-24(17-37)30(46-7)25(12-21)41-2,19-50-34(39)22-13-26(42-3)31(47-8)27(14-22)43-4)20-51-35(40)23-15-28(44-5)32(48-9)29(16-23)45-6/h11-17H,10,18-20H2,1-9H3. The molecule has 15 heteroatoms. The van der Waals surface area contributed by atoms with Crippen LogP contribution in [0.5, 0.6) is 46.0 Å². The van der Waals surface area contributed by atoms with Crippen LogP contribution in [0.4, 0.5) is 0 Å². The van der Waals surface area contributed by atoms with E-state index in [1.165, 1.54) is 93.3 Å². The summed E-state index contributed by atoms with van der Waals surface area (Å²) in [6.45, 7) is 0.647. The molecule has 0 fully saturated rings. The summed E-state index contributed by atoms with van der Waals surface area (Å²) in [7, 11) is 11.2. The first-order chi connectivity index (χ1) is 24.5. The van der Waals surface area contributed by atoms with Crippen LogP contribution < -0.4 is 37.9 Å². The average molecular weight is 715 g/mol. The molecule has 276 valence electrons. The smallest absolute Gasteiger partial charge is 0.338 e. The molecule has 0 saturated heterocycles. The lowest BCUT2D eigenvalue weighted by Gasteiger charge is -2.31. The fraction of sp³-hybridized carbons (Fsp3) is 0.389. The summed E-state index contributed by atoms with van der Waals surface area (Å²) >= 11 is 0. The molecule has 3 aromatic rings. The summed E-state index contributed by atoms with van der Waals surface area (Å²) in [5.41, 5.74) is -1.06. The first-order valence-corrected chi connectivity index (χ1v) is 15.3. The molecule has 0 saturated carbocycles. The number of rotatable bonds is 19. The van der Waals surface area contributed by atoms with Gasteiger partial charge in [-0.25, -0.2) is 14.4 Å². The monoisotopic (exact) mass is 714 g/mol. The van der Waals surface area contributed by atoms with E-state index in [-0.39, 0.29) is 94.5 Å². The van der Waals surface area contributed by atoms with Crippen LogP contribution in [-0.2, 0) is 14.2 Å². The third kappa shape index (κ3) is 9.04. The normalized spacial score (nSPS) is 10.7. The molecule has 0 amide bonds. The maximum Gasteiger partial charge on any atom is 0.338 e. The Labute approximate surface area is 295 Å². The van der Waals surface area contributed by atoms with Gasteiger partial charge >= 0.3 is 17.9 Å². The largest absolute Gasteiger partial charge is 0.493 e. The number of benzene rings is 3. The second-order valence-corrected chi connectivity index (χ2v) is 10.8. The number of methoxy groups -OCH3 is 8. The van der Waals surface area contributed by atoms with Crippen molar-refractivity contribution in [2.24, 2.45) is 5.41 Å². The molecule has 0 N–H and O–H groups in total. The Hall–Kier alpha value is -5.86. The van der Waals surface area contributed by atoms with Crippen molar-refractivity contribution in [2.75, 3.05) is 76.7 Å². The summed E-state index contributed by atoms with van der Waals surface area (Å²) in [5.74, 6) is -0.647. The number of esters is 3. The zero-order chi connectivity index (χ0) is 37.7. The first-order valence-electron chi connectivity index (χ1n) is 15.3. The Bertz CT molecular complexity index is 1590. The van der Waals surface area contributed by atoms with Crippen LogP contribution in [0.25, 0.3) is 0 Å². The van der Waals surface area contributed by atoms with Crippen molar-refractivity contribution < 1.29 is 71.3 Å². The molecule has 0 aliphatic heterocycles. The van der Waals surface area contributed by atoms with E-state index in [1.54, 1.807) is 6.92 Å². The van der Waals surface area contributed by atoms with Gasteiger partial charge in [0.05, 0.1) is 84.5 Å². The molecule has 0 aliphatic carbocycles. The molecule has 0 unspecified atom stereocenters. The number of hydrogen-bond donors (Lipinski definition) is 0. The number of hydrogen-bond acceptors (Lipinski definition) is 15. The molecule has 0 radical (unpaired) electrons. The molecule has 0 heterocycles. The zero-order valence-electron chi connectivity index (χ0n) is 30.0. The number of carbonyl (C=O) groups is 4. The molecule has 0 aromatic heterocycles. The van der Waals surface area contributed by atoms with Gasteiger partial charge in [-0.1, -0.05) is 6.92 Å². The van der Waals surface area contributed by atoms with Crippen molar-refractivity contribution in [3.8, 4) is 46.0 Å². The molecule has 0 atom stereocenters. The lowest BCUT2D eigenvalue weighted by molar-refractivity contribution is -0.0382. The van der Waals surface area contributed by atoms with Crippen LogP contribution in [0.1, 0.15) is 54.8 Å². The molecule has 51 heavy (non-hydrogen) atoms. The van der Waals surface area contributed by atoms with Crippen molar-refractivity contribution in [3.63, 3.8) is 0 Å². The maximum absolute atomic E-state index is 13.4. The predicted octanol–water partition coefficient (Wildman–Crippen LogP) is 4.84. The molecular formula is C36H42O15. The van der Waals surface area contributed by atoms with Crippen LogP contribution >= 0.6 is 0 Å². The molecule has 15 nitrogen and oxygen atoms in total. The zero-order valence-corrected chi connectivity index (χ0v) is 30.0. The van der Waals surface area contributed by atoms with Crippen molar-refractivity contribution in [1.82, 2.24) is 0 Å². The van der Waals surface area contributed by atoms with Gasteiger partial charge in [-0.15, -0.1) is 0 Å².